The molecule has 0 aromatic heterocycles. The minimum Gasteiger partial charge on any atom is -0.381 e. The first kappa shape index (κ1) is 10.9. The third-order valence-corrected chi connectivity index (χ3v) is 1.91. The van der Waals surface area contributed by atoms with E-state index in [1.54, 1.807) is 0 Å². The van der Waals surface area contributed by atoms with Crippen molar-refractivity contribution in [2.24, 2.45) is 0 Å². The summed E-state index contributed by atoms with van der Waals surface area (Å²) in [5.41, 5.74) is 0. The van der Waals surface area contributed by atoms with Crippen LogP contribution >= 0.6 is 0 Å². The summed E-state index contributed by atoms with van der Waals surface area (Å²) in [6, 6.07) is 0. The van der Waals surface area contributed by atoms with Gasteiger partial charge in [-0.25, -0.2) is 9.78 Å². The Balaban J connectivity index is 1.86. The van der Waals surface area contributed by atoms with Gasteiger partial charge in [-0.2, -0.15) is 0 Å². The van der Waals surface area contributed by atoms with Crippen molar-refractivity contribution < 1.29 is 19.6 Å². The smallest absolute Gasteiger partial charge is 0.0985 e. The average Bonchev–Trinajstić information content (AvgIpc) is 2.19. The second-order valence-electron chi connectivity index (χ2n) is 3.15. The molecule has 1 fully saturated rings. The van der Waals surface area contributed by atoms with Crippen LogP contribution < -0.4 is 0 Å². The van der Waals surface area contributed by atoms with Crippen molar-refractivity contribution in [1.29, 1.82) is 0 Å². The molecule has 0 bridgehead atoms. The van der Waals surface area contributed by atoms with Crippen LogP contribution in [0.3, 0.4) is 0 Å². The highest BCUT2D eigenvalue weighted by molar-refractivity contribution is 4.56. The fourth-order valence-corrected chi connectivity index (χ4v) is 1.20. The Morgan fingerprint density at radius 2 is 2.31 bits per heavy atom. The minimum atomic E-state index is 0.180. The zero-order valence-corrected chi connectivity index (χ0v) is 8.16. The van der Waals surface area contributed by atoms with Gasteiger partial charge in [0.05, 0.1) is 12.7 Å². The summed E-state index contributed by atoms with van der Waals surface area (Å²) >= 11 is 0. The zero-order valence-electron chi connectivity index (χ0n) is 8.16. The lowest BCUT2D eigenvalue weighted by Gasteiger charge is -2.19. The lowest BCUT2D eigenvalue weighted by molar-refractivity contribution is -0.549. The molecule has 1 heterocycles. The van der Waals surface area contributed by atoms with Crippen molar-refractivity contribution in [3.05, 3.63) is 0 Å². The molecule has 0 N–H and O–H groups in total. The summed E-state index contributed by atoms with van der Waals surface area (Å²) in [5.74, 6) is 0. The van der Waals surface area contributed by atoms with Gasteiger partial charge >= 0.3 is 0 Å². The van der Waals surface area contributed by atoms with E-state index in [0.29, 0.717) is 6.61 Å². The first-order valence-corrected chi connectivity index (χ1v) is 4.96. The van der Waals surface area contributed by atoms with E-state index in [9.17, 15) is 0 Å². The molecule has 0 spiro atoms. The SMILES string of the molecule is CCCOCCCC1CCOOO1. The number of hydrogen-bond donors (Lipinski definition) is 0. The van der Waals surface area contributed by atoms with Gasteiger partial charge in [0.2, 0.25) is 0 Å². The van der Waals surface area contributed by atoms with E-state index in [2.05, 4.69) is 16.8 Å². The van der Waals surface area contributed by atoms with Crippen LogP contribution in [0.1, 0.15) is 32.6 Å². The second-order valence-corrected chi connectivity index (χ2v) is 3.15. The van der Waals surface area contributed by atoms with Crippen LogP contribution in [-0.4, -0.2) is 25.9 Å². The summed E-state index contributed by atoms with van der Waals surface area (Å²) in [6.45, 7) is 4.40. The summed E-state index contributed by atoms with van der Waals surface area (Å²) in [4.78, 5) is 9.50. The van der Waals surface area contributed by atoms with Crippen LogP contribution in [0.2, 0.25) is 0 Å². The number of ether oxygens (including phenoxy) is 1. The van der Waals surface area contributed by atoms with Crippen molar-refractivity contribution >= 4 is 0 Å². The van der Waals surface area contributed by atoms with E-state index in [-0.39, 0.29) is 6.10 Å². The maximum Gasteiger partial charge on any atom is 0.0985 e. The summed E-state index contributed by atoms with van der Waals surface area (Å²) in [7, 11) is 0. The quantitative estimate of drug-likeness (QED) is 0.473. The van der Waals surface area contributed by atoms with Crippen molar-refractivity contribution in [1.82, 2.24) is 0 Å². The highest BCUT2D eigenvalue weighted by atomic mass is 17.5. The number of hydrogen-bond acceptors (Lipinski definition) is 4. The molecule has 4 nitrogen and oxygen atoms in total. The van der Waals surface area contributed by atoms with Crippen LogP contribution in [0, 0.1) is 0 Å². The molecule has 13 heavy (non-hydrogen) atoms. The first-order valence-electron chi connectivity index (χ1n) is 4.96. The Morgan fingerprint density at radius 1 is 1.38 bits per heavy atom. The third-order valence-electron chi connectivity index (χ3n) is 1.91. The Labute approximate surface area is 79.0 Å². The van der Waals surface area contributed by atoms with E-state index >= 15 is 0 Å². The summed E-state index contributed by atoms with van der Waals surface area (Å²) in [5, 5.41) is 4.42. The van der Waals surface area contributed by atoms with Gasteiger partial charge in [-0.1, -0.05) is 12.0 Å². The third kappa shape index (κ3) is 5.21. The number of rotatable bonds is 6. The highest BCUT2D eigenvalue weighted by Crippen LogP contribution is 2.12. The Hall–Kier alpha value is -0.160. The largest absolute Gasteiger partial charge is 0.381 e. The van der Waals surface area contributed by atoms with Crippen LogP contribution in [0.25, 0.3) is 0 Å². The van der Waals surface area contributed by atoms with Crippen molar-refractivity contribution in [3.63, 3.8) is 0 Å². The molecule has 1 rings (SSSR count). The first-order chi connectivity index (χ1) is 6.43. The van der Waals surface area contributed by atoms with Gasteiger partial charge < -0.3 is 4.74 Å². The van der Waals surface area contributed by atoms with E-state index in [1.165, 1.54) is 0 Å². The fourth-order valence-electron chi connectivity index (χ4n) is 1.20. The molecule has 4 heteroatoms. The summed E-state index contributed by atoms with van der Waals surface area (Å²) < 4.78 is 5.35. The van der Waals surface area contributed by atoms with Crippen LogP contribution in [-0.2, 0) is 19.6 Å². The molecule has 1 aliphatic heterocycles. The van der Waals surface area contributed by atoms with E-state index in [1.807, 2.05) is 0 Å². The van der Waals surface area contributed by atoms with Crippen molar-refractivity contribution in [2.75, 3.05) is 19.8 Å². The van der Waals surface area contributed by atoms with Crippen molar-refractivity contribution in [2.45, 2.75) is 38.7 Å². The predicted molar refractivity (Wildman–Crippen MR) is 46.9 cm³/mol. The standard InChI is InChI=1S/C9H18O4/c1-2-6-10-7-3-4-9-5-8-11-13-12-9/h9H,2-8H2,1H3. The Kier molecular flexibility index (Phi) is 6.10. The molecule has 1 saturated heterocycles. The fraction of sp³-hybridized carbons (Fsp3) is 1.00. The normalized spacial score (nSPS) is 23.3. The van der Waals surface area contributed by atoms with Gasteiger partial charge in [-0.3, -0.25) is 0 Å². The lowest BCUT2D eigenvalue weighted by Crippen LogP contribution is -2.22. The van der Waals surface area contributed by atoms with E-state index < -0.39 is 0 Å². The molecule has 0 amide bonds. The molecule has 1 unspecified atom stereocenters. The molecule has 1 atom stereocenters. The molecule has 1 aliphatic rings. The predicted octanol–water partition coefficient (Wildman–Crippen LogP) is 1.85. The molecular formula is C9H18O4. The van der Waals surface area contributed by atoms with Gasteiger partial charge in [-0.15, -0.1) is 0 Å². The Morgan fingerprint density at radius 3 is 3.00 bits per heavy atom. The maximum absolute atomic E-state index is 5.35. The molecular weight excluding hydrogens is 172 g/mol. The zero-order chi connectivity index (χ0) is 9.36. The minimum absolute atomic E-state index is 0.180. The van der Waals surface area contributed by atoms with Gasteiger partial charge in [0, 0.05) is 19.6 Å². The lowest BCUT2D eigenvalue weighted by atomic mass is 10.1. The molecule has 0 aromatic carbocycles. The molecule has 0 aromatic rings. The molecule has 78 valence electrons. The maximum atomic E-state index is 5.35. The van der Waals surface area contributed by atoms with Gasteiger partial charge in [0.1, 0.15) is 0 Å². The van der Waals surface area contributed by atoms with Gasteiger partial charge in [-0.05, 0) is 19.3 Å². The summed E-state index contributed by atoms with van der Waals surface area (Å²) in [6.07, 6.45) is 4.17. The van der Waals surface area contributed by atoms with Crippen LogP contribution in [0.5, 0.6) is 0 Å². The van der Waals surface area contributed by atoms with Crippen molar-refractivity contribution in [3.8, 4) is 0 Å². The van der Waals surface area contributed by atoms with E-state index in [0.717, 1.165) is 38.9 Å². The topological polar surface area (TPSA) is 36.9 Å². The molecule has 0 aliphatic carbocycles. The molecule has 0 saturated carbocycles. The molecule has 0 radical (unpaired) electrons. The van der Waals surface area contributed by atoms with Gasteiger partial charge in [0.25, 0.3) is 0 Å². The highest BCUT2D eigenvalue weighted by Gasteiger charge is 2.15. The second kappa shape index (κ2) is 7.26. The van der Waals surface area contributed by atoms with Gasteiger partial charge in [0.15, 0.2) is 0 Å². The van der Waals surface area contributed by atoms with Crippen LogP contribution in [0.4, 0.5) is 0 Å². The van der Waals surface area contributed by atoms with Crippen LogP contribution in [0.15, 0.2) is 0 Å². The monoisotopic (exact) mass is 190 g/mol. The van der Waals surface area contributed by atoms with E-state index in [4.69, 9.17) is 9.62 Å². The average molecular weight is 190 g/mol. The Bertz CT molecular complexity index is 112.